The number of hydrogen-bond acceptors (Lipinski definition) is 4. The Morgan fingerprint density at radius 2 is 1.84 bits per heavy atom. The maximum atomic E-state index is 11.0. The van der Waals surface area contributed by atoms with Crippen LogP contribution in [0.5, 0.6) is 5.75 Å². The minimum Gasteiger partial charge on any atom is -0.489 e. The highest BCUT2D eigenvalue weighted by Crippen LogP contribution is 2.27. The van der Waals surface area contributed by atoms with Gasteiger partial charge in [0.25, 0.3) is 0 Å². The van der Waals surface area contributed by atoms with Gasteiger partial charge in [-0.1, -0.05) is 35.3 Å². The summed E-state index contributed by atoms with van der Waals surface area (Å²) in [5, 5.41) is 12.0. The molecule has 0 aliphatic carbocycles. The molecular formula is C18H13Cl2NO3S. The average Bonchev–Trinajstić information content (AvgIpc) is 3.04. The van der Waals surface area contributed by atoms with E-state index in [1.54, 1.807) is 23.6 Å². The highest BCUT2D eigenvalue weighted by molar-refractivity contribution is 7.11. The molecule has 0 saturated heterocycles. The molecule has 0 aliphatic heterocycles. The van der Waals surface area contributed by atoms with Crippen molar-refractivity contribution in [2.75, 3.05) is 0 Å². The molecule has 0 fully saturated rings. The van der Waals surface area contributed by atoms with Gasteiger partial charge in [-0.2, -0.15) is 0 Å². The van der Waals surface area contributed by atoms with Crippen molar-refractivity contribution in [2.45, 2.75) is 13.0 Å². The van der Waals surface area contributed by atoms with E-state index in [4.69, 9.17) is 33.0 Å². The van der Waals surface area contributed by atoms with Crippen LogP contribution in [0.15, 0.2) is 47.8 Å². The topological polar surface area (TPSA) is 59.4 Å². The lowest BCUT2D eigenvalue weighted by molar-refractivity contribution is 0.0696. The molecule has 0 aliphatic rings. The van der Waals surface area contributed by atoms with Gasteiger partial charge in [0.05, 0.1) is 5.69 Å². The fourth-order valence-electron chi connectivity index (χ4n) is 2.25. The van der Waals surface area contributed by atoms with Crippen LogP contribution in [0, 0.1) is 0 Å². The number of aromatic nitrogens is 1. The van der Waals surface area contributed by atoms with Crippen LogP contribution in [0.3, 0.4) is 0 Å². The van der Waals surface area contributed by atoms with Crippen molar-refractivity contribution < 1.29 is 14.6 Å². The van der Waals surface area contributed by atoms with Crippen LogP contribution in [0.4, 0.5) is 0 Å². The zero-order valence-electron chi connectivity index (χ0n) is 12.9. The first-order chi connectivity index (χ1) is 12.0. The van der Waals surface area contributed by atoms with Gasteiger partial charge in [0.1, 0.15) is 12.4 Å². The molecule has 0 radical (unpaired) electrons. The van der Waals surface area contributed by atoms with Gasteiger partial charge < -0.3 is 9.84 Å². The number of hydrogen-bond donors (Lipinski definition) is 1. The molecule has 0 atom stereocenters. The molecule has 0 bridgehead atoms. The molecule has 1 heterocycles. The fourth-order valence-corrected chi connectivity index (χ4v) is 3.23. The smallest absolute Gasteiger partial charge is 0.365 e. The molecule has 4 nitrogen and oxygen atoms in total. The zero-order chi connectivity index (χ0) is 17.8. The second kappa shape index (κ2) is 7.87. The van der Waals surface area contributed by atoms with Crippen molar-refractivity contribution in [2.24, 2.45) is 0 Å². The van der Waals surface area contributed by atoms with Gasteiger partial charge in [0, 0.05) is 27.4 Å². The molecule has 1 aromatic heterocycles. The lowest BCUT2D eigenvalue weighted by Crippen LogP contribution is -2.00. The standard InChI is InChI=1S/C18H13Cl2NO3S/c19-13-3-1-11(2-4-13)9-24-16-6-5-14(20)7-12(16)8-15-10-25-17(21-15)18(22)23/h1-7,10H,8-9H2,(H,22,23). The number of thiazole rings is 1. The molecule has 2 aromatic carbocycles. The summed E-state index contributed by atoms with van der Waals surface area (Å²) >= 11 is 13.1. The first kappa shape index (κ1) is 17.7. The number of carboxylic acid groups (broad SMARTS) is 1. The highest BCUT2D eigenvalue weighted by atomic mass is 35.5. The molecule has 3 aromatic rings. The molecule has 3 rings (SSSR count). The van der Waals surface area contributed by atoms with Crippen molar-refractivity contribution in [3.8, 4) is 5.75 Å². The molecule has 1 N–H and O–H groups in total. The van der Waals surface area contributed by atoms with Gasteiger partial charge in [-0.05, 0) is 35.9 Å². The Bertz CT molecular complexity index is 894. The second-order valence-electron chi connectivity index (χ2n) is 5.29. The van der Waals surface area contributed by atoms with Gasteiger partial charge in [0.2, 0.25) is 5.01 Å². The third kappa shape index (κ3) is 4.72. The van der Waals surface area contributed by atoms with Crippen molar-refractivity contribution in [1.82, 2.24) is 4.98 Å². The summed E-state index contributed by atoms with van der Waals surface area (Å²) < 4.78 is 5.90. The summed E-state index contributed by atoms with van der Waals surface area (Å²) in [7, 11) is 0. The predicted molar refractivity (Wildman–Crippen MR) is 99.1 cm³/mol. The van der Waals surface area contributed by atoms with Crippen molar-refractivity contribution >= 4 is 40.5 Å². The van der Waals surface area contributed by atoms with Crippen LogP contribution < -0.4 is 4.74 Å². The van der Waals surface area contributed by atoms with Gasteiger partial charge >= 0.3 is 5.97 Å². The van der Waals surface area contributed by atoms with Crippen LogP contribution in [-0.4, -0.2) is 16.1 Å². The molecule has 7 heteroatoms. The summed E-state index contributed by atoms with van der Waals surface area (Å²) in [5.41, 5.74) is 2.51. The van der Waals surface area contributed by atoms with Crippen molar-refractivity contribution in [1.29, 1.82) is 0 Å². The minimum absolute atomic E-state index is 0.0701. The van der Waals surface area contributed by atoms with Gasteiger partial charge in [-0.3, -0.25) is 0 Å². The summed E-state index contributed by atoms with van der Waals surface area (Å²) in [4.78, 5) is 15.1. The number of benzene rings is 2. The second-order valence-corrected chi connectivity index (χ2v) is 7.02. The van der Waals surface area contributed by atoms with Crippen LogP contribution in [0.1, 0.15) is 26.6 Å². The zero-order valence-corrected chi connectivity index (χ0v) is 15.2. The largest absolute Gasteiger partial charge is 0.489 e. The minimum atomic E-state index is -1.03. The Balaban J connectivity index is 1.77. The van der Waals surface area contributed by atoms with E-state index >= 15 is 0 Å². The number of halogens is 2. The third-order valence-electron chi connectivity index (χ3n) is 3.44. The Kier molecular flexibility index (Phi) is 5.58. The first-order valence-electron chi connectivity index (χ1n) is 7.34. The first-order valence-corrected chi connectivity index (χ1v) is 8.98. The molecular weight excluding hydrogens is 381 g/mol. The summed E-state index contributed by atoms with van der Waals surface area (Å²) in [6, 6.07) is 12.8. The number of nitrogens with zero attached hydrogens (tertiary/aromatic N) is 1. The Morgan fingerprint density at radius 1 is 1.12 bits per heavy atom. The molecule has 128 valence electrons. The molecule has 25 heavy (non-hydrogen) atoms. The number of rotatable bonds is 6. The van der Waals surface area contributed by atoms with E-state index in [0.717, 1.165) is 22.5 Å². The Labute approximate surface area is 158 Å². The summed E-state index contributed by atoms with van der Waals surface area (Å²) in [6.45, 7) is 0.392. The van der Waals surface area contributed by atoms with E-state index in [1.165, 1.54) is 0 Å². The van der Waals surface area contributed by atoms with Crippen LogP contribution in [0.25, 0.3) is 0 Å². The van der Waals surface area contributed by atoms with Crippen molar-refractivity contribution in [3.05, 3.63) is 79.7 Å². The van der Waals surface area contributed by atoms with Crippen LogP contribution in [0.2, 0.25) is 10.0 Å². The SMILES string of the molecule is O=C(O)c1nc(Cc2cc(Cl)ccc2OCc2ccc(Cl)cc2)cs1. The number of carbonyl (C=O) groups is 1. The van der Waals surface area contributed by atoms with Crippen LogP contribution >= 0.6 is 34.5 Å². The monoisotopic (exact) mass is 393 g/mol. The predicted octanol–water partition coefficient (Wildman–Crippen LogP) is 5.32. The number of aromatic carboxylic acids is 1. The van der Waals surface area contributed by atoms with E-state index in [9.17, 15) is 4.79 Å². The average molecular weight is 394 g/mol. The summed E-state index contributed by atoms with van der Waals surface area (Å²) in [5.74, 6) is -0.342. The molecule has 0 saturated carbocycles. The third-order valence-corrected chi connectivity index (χ3v) is 4.80. The van der Waals surface area contributed by atoms with Gasteiger partial charge in [0.15, 0.2) is 0 Å². The maximum Gasteiger partial charge on any atom is 0.365 e. The Hall–Kier alpha value is -2.08. The normalized spacial score (nSPS) is 10.6. The highest BCUT2D eigenvalue weighted by Gasteiger charge is 2.12. The quantitative estimate of drug-likeness (QED) is 0.615. The van der Waals surface area contributed by atoms with Gasteiger partial charge in [-0.15, -0.1) is 11.3 Å². The van der Waals surface area contributed by atoms with E-state index in [-0.39, 0.29) is 5.01 Å². The van der Waals surface area contributed by atoms with E-state index in [0.29, 0.717) is 34.5 Å². The summed E-state index contributed by atoms with van der Waals surface area (Å²) in [6.07, 6.45) is 0.445. The lowest BCUT2D eigenvalue weighted by atomic mass is 10.1. The molecule has 0 amide bonds. The van der Waals surface area contributed by atoms with E-state index in [2.05, 4.69) is 4.98 Å². The number of carboxylic acids is 1. The van der Waals surface area contributed by atoms with Crippen molar-refractivity contribution in [3.63, 3.8) is 0 Å². The fraction of sp³-hybridized carbons (Fsp3) is 0.111. The van der Waals surface area contributed by atoms with Gasteiger partial charge in [-0.25, -0.2) is 9.78 Å². The molecule has 0 spiro atoms. The maximum absolute atomic E-state index is 11.0. The van der Waals surface area contributed by atoms with Crippen LogP contribution in [-0.2, 0) is 13.0 Å². The molecule has 0 unspecified atom stereocenters. The number of ether oxygens (including phenoxy) is 1. The lowest BCUT2D eigenvalue weighted by Gasteiger charge is -2.11. The Morgan fingerprint density at radius 3 is 2.52 bits per heavy atom. The van der Waals surface area contributed by atoms with E-state index in [1.807, 2.05) is 24.3 Å². The van der Waals surface area contributed by atoms with E-state index < -0.39 is 5.97 Å².